The smallest absolute Gasteiger partial charge is 0.0718 e. The van der Waals surface area contributed by atoms with Gasteiger partial charge in [0.15, 0.2) is 0 Å². The van der Waals surface area contributed by atoms with Gasteiger partial charge in [0.1, 0.15) is 0 Å². The minimum absolute atomic E-state index is 0.140. The number of rotatable bonds is 3. The second-order valence-corrected chi connectivity index (χ2v) is 4.87. The van der Waals surface area contributed by atoms with E-state index in [0.29, 0.717) is 0 Å². The molecule has 0 saturated carbocycles. The van der Waals surface area contributed by atoms with Crippen molar-refractivity contribution in [3.05, 3.63) is 18.5 Å². The van der Waals surface area contributed by atoms with Gasteiger partial charge in [0.05, 0.1) is 6.04 Å². The maximum Gasteiger partial charge on any atom is 0.0718 e. The van der Waals surface area contributed by atoms with Crippen LogP contribution in [-0.4, -0.2) is 15.8 Å². The summed E-state index contributed by atoms with van der Waals surface area (Å²) in [4.78, 5) is 0. The van der Waals surface area contributed by atoms with Gasteiger partial charge >= 0.3 is 0 Å². The first kappa shape index (κ1) is 11.2. The molecule has 0 fully saturated rings. The van der Waals surface area contributed by atoms with Crippen molar-refractivity contribution >= 4 is 0 Å². The molecule has 0 aliphatic heterocycles. The minimum Gasteiger partial charge on any atom is -0.326 e. The van der Waals surface area contributed by atoms with Crippen molar-refractivity contribution in [1.82, 2.24) is 9.78 Å². The molecular formula is C11H21N3. The maximum atomic E-state index is 6.13. The summed E-state index contributed by atoms with van der Waals surface area (Å²) < 4.78 is 1.98. The van der Waals surface area contributed by atoms with E-state index in [2.05, 4.69) is 32.8 Å². The lowest BCUT2D eigenvalue weighted by atomic mass is 9.82. The van der Waals surface area contributed by atoms with E-state index in [1.165, 1.54) is 0 Å². The highest BCUT2D eigenvalue weighted by molar-refractivity contribution is 4.91. The van der Waals surface area contributed by atoms with Crippen molar-refractivity contribution in [1.29, 1.82) is 0 Å². The van der Waals surface area contributed by atoms with Crippen LogP contribution in [0.1, 0.15) is 40.2 Å². The largest absolute Gasteiger partial charge is 0.326 e. The number of aromatic nitrogens is 2. The van der Waals surface area contributed by atoms with Crippen LogP contribution >= 0.6 is 0 Å². The Hall–Kier alpha value is -0.830. The van der Waals surface area contributed by atoms with E-state index in [4.69, 9.17) is 5.73 Å². The van der Waals surface area contributed by atoms with Gasteiger partial charge in [-0.2, -0.15) is 5.10 Å². The van der Waals surface area contributed by atoms with Crippen LogP contribution in [0.5, 0.6) is 0 Å². The normalized spacial score (nSPS) is 16.6. The Kier molecular flexibility index (Phi) is 3.32. The van der Waals surface area contributed by atoms with E-state index in [1.807, 2.05) is 16.9 Å². The molecule has 0 amide bonds. The number of hydrogen-bond acceptors (Lipinski definition) is 2. The van der Waals surface area contributed by atoms with Gasteiger partial charge in [0.2, 0.25) is 0 Å². The van der Waals surface area contributed by atoms with Gasteiger partial charge in [-0.25, -0.2) is 0 Å². The summed E-state index contributed by atoms with van der Waals surface area (Å²) >= 11 is 0. The molecule has 3 nitrogen and oxygen atoms in total. The monoisotopic (exact) mass is 195 g/mol. The lowest BCUT2D eigenvalue weighted by molar-refractivity contribution is 0.186. The Labute approximate surface area is 86.3 Å². The molecule has 0 aromatic carbocycles. The molecule has 2 unspecified atom stereocenters. The van der Waals surface area contributed by atoms with Gasteiger partial charge in [-0.3, -0.25) is 4.68 Å². The average molecular weight is 195 g/mol. The van der Waals surface area contributed by atoms with E-state index >= 15 is 0 Å². The number of nitrogens with two attached hydrogens (primary N) is 1. The highest BCUT2D eigenvalue weighted by atomic mass is 15.3. The Bertz CT molecular complexity index is 259. The second-order valence-electron chi connectivity index (χ2n) is 4.87. The number of hydrogen-bond donors (Lipinski definition) is 1. The Balaban J connectivity index is 2.94. The first-order chi connectivity index (χ1) is 6.46. The summed E-state index contributed by atoms with van der Waals surface area (Å²) in [5.41, 5.74) is 6.27. The molecule has 14 heavy (non-hydrogen) atoms. The summed E-state index contributed by atoms with van der Waals surface area (Å²) in [6, 6.07) is 2.37. The molecule has 1 aromatic rings. The van der Waals surface area contributed by atoms with Crippen LogP contribution in [0.15, 0.2) is 18.5 Å². The zero-order valence-electron chi connectivity index (χ0n) is 9.57. The Morgan fingerprint density at radius 3 is 2.43 bits per heavy atom. The van der Waals surface area contributed by atoms with Crippen molar-refractivity contribution in [3.63, 3.8) is 0 Å². The molecule has 2 N–H and O–H groups in total. The van der Waals surface area contributed by atoms with Gasteiger partial charge in [0.25, 0.3) is 0 Å². The third-order valence-electron chi connectivity index (χ3n) is 2.57. The van der Waals surface area contributed by atoms with E-state index in [-0.39, 0.29) is 17.5 Å². The topological polar surface area (TPSA) is 43.8 Å². The van der Waals surface area contributed by atoms with Crippen molar-refractivity contribution in [3.8, 4) is 0 Å². The van der Waals surface area contributed by atoms with Crippen molar-refractivity contribution < 1.29 is 0 Å². The fourth-order valence-corrected chi connectivity index (χ4v) is 1.90. The lowest BCUT2D eigenvalue weighted by Crippen LogP contribution is -2.40. The van der Waals surface area contributed by atoms with Gasteiger partial charge in [-0.1, -0.05) is 27.7 Å². The Morgan fingerprint density at radius 2 is 2.07 bits per heavy atom. The molecule has 3 heteroatoms. The summed E-state index contributed by atoms with van der Waals surface area (Å²) in [7, 11) is 0. The zero-order valence-corrected chi connectivity index (χ0v) is 9.57. The fourth-order valence-electron chi connectivity index (χ4n) is 1.90. The third-order valence-corrected chi connectivity index (χ3v) is 2.57. The predicted molar refractivity (Wildman–Crippen MR) is 59.0 cm³/mol. The standard InChI is InChI=1S/C11H21N3/c1-5-9(12)10(11(2,3)4)14-8-6-7-13-14/h6-10H,5,12H2,1-4H3. The van der Waals surface area contributed by atoms with Crippen LogP contribution in [0.4, 0.5) is 0 Å². The zero-order chi connectivity index (χ0) is 10.8. The molecule has 1 rings (SSSR count). The van der Waals surface area contributed by atoms with Gasteiger partial charge in [-0.15, -0.1) is 0 Å². The first-order valence-corrected chi connectivity index (χ1v) is 5.21. The molecule has 2 atom stereocenters. The van der Waals surface area contributed by atoms with Crippen molar-refractivity contribution in [2.24, 2.45) is 11.1 Å². The van der Waals surface area contributed by atoms with Crippen molar-refractivity contribution in [2.75, 3.05) is 0 Å². The molecule has 1 heterocycles. The fraction of sp³-hybridized carbons (Fsp3) is 0.727. The van der Waals surface area contributed by atoms with Crippen LogP contribution in [0, 0.1) is 5.41 Å². The minimum atomic E-state index is 0.140. The van der Waals surface area contributed by atoms with E-state index in [9.17, 15) is 0 Å². The summed E-state index contributed by atoms with van der Waals surface area (Å²) in [5, 5.41) is 4.29. The van der Waals surface area contributed by atoms with Gasteiger partial charge in [-0.05, 0) is 17.9 Å². The van der Waals surface area contributed by atoms with Crippen LogP contribution in [0.2, 0.25) is 0 Å². The molecule has 0 spiro atoms. The maximum absolute atomic E-state index is 6.13. The van der Waals surface area contributed by atoms with Crippen LogP contribution in [0.25, 0.3) is 0 Å². The molecule has 0 aliphatic rings. The third kappa shape index (κ3) is 2.35. The molecule has 80 valence electrons. The van der Waals surface area contributed by atoms with E-state index in [0.717, 1.165) is 6.42 Å². The second kappa shape index (κ2) is 4.13. The number of nitrogens with zero attached hydrogens (tertiary/aromatic N) is 2. The van der Waals surface area contributed by atoms with E-state index in [1.54, 1.807) is 6.20 Å². The van der Waals surface area contributed by atoms with Crippen LogP contribution < -0.4 is 5.73 Å². The SMILES string of the molecule is CCC(N)C(n1cccn1)C(C)(C)C. The summed E-state index contributed by atoms with van der Waals surface area (Å²) in [5.74, 6) is 0. The van der Waals surface area contributed by atoms with Crippen LogP contribution in [0.3, 0.4) is 0 Å². The molecule has 1 aromatic heterocycles. The van der Waals surface area contributed by atoms with Gasteiger partial charge < -0.3 is 5.73 Å². The quantitative estimate of drug-likeness (QED) is 0.803. The average Bonchev–Trinajstić information content (AvgIpc) is 2.54. The highest BCUT2D eigenvalue weighted by Gasteiger charge is 2.31. The Morgan fingerprint density at radius 1 is 1.43 bits per heavy atom. The van der Waals surface area contributed by atoms with Crippen LogP contribution in [-0.2, 0) is 0 Å². The lowest BCUT2D eigenvalue weighted by Gasteiger charge is -2.35. The highest BCUT2D eigenvalue weighted by Crippen LogP contribution is 2.32. The molecule has 0 radical (unpaired) electrons. The first-order valence-electron chi connectivity index (χ1n) is 5.21. The molecule has 0 aliphatic carbocycles. The molecular weight excluding hydrogens is 174 g/mol. The predicted octanol–water partition coefficient (Wildman–Crippen LogP) is 2.21. The van der Waals surface area contributed by atoms with Crippen molar-refractivity contribution in [2.45, 2.75) is 46.2 Å². The molecule has 0 bridgehead atoms. The summed E-state index contributed by atoms with van der Waals surface area (Å²) in [6.07, 6.45) is 4.77. The summed E-state index contributed by atoms with van der Waals surface area (Å²) in [6.45, 7) is 8.73. The van der Waals surface area contributed by atoms with Gasteiger partial charge in [0, 0.05) is 18.4 Å². The molecule has 0 saturated heterocycles. The van der Waals surface area contributed by atoms with E-state index < -0.39 is 0 Å².